The fourth-order valence-electron chi connectivity index (χ4n) is 2.94. The fourth-order valence-corrected chi connectivity index (χ4v) is 3.92. The van der Waals surface area contributed by atoms with Crippen LogP contribution in [-0.4, -0.2) is 67.4 Å². The van der Waals surface area contributed by atoms with Crippen molar-refractivity contribution in [1.82, 2.24) is 15.5 Å². The predicted molar refractivity (Wildman–Crippen MR) is 122 cm³/mol. The number of benzene rings is 2. The van der Waals surface area contributed by atoms with Crippen molar-refractivity contribution in [1.29, 1.82) is 0 Å². The molecule has 0 spiro atoms. The summed E-state index contributed by atoms with van der Waals surface area (Å²) < 4.78 is 0. The molecule has 2 amide bonds. The van der Waals surface area contributed by atoms with E-state index in [9.17, 15) is 14.7 Å². The lowest BCUT2D eigenvalue weighted by Gasteiger charge is -2.15. The summed E-state index contributed by atoms with van der Waals surface area (Å²) in [6.07, 6.45) is -0.271. The van der Waals surface area contributed by atoms with Gasteiger partial charge in [0.15, 0.2) is 0 Å². The van der Waals surface area contributed by atoms with Gasteiger partial charge in [-0.15, -0.1) is 11.8 Å². The molecule has 2 aromatic carbocycles. The maximum Gasteiger partial charge on any atom is 0.252 e. The summed E-state index contributed by atoms with van der Waals surface area (Å²) in [5.74, 6) is 0.176. The summed E-state index contributed by atoms with van der Waals surface area (Å²) in [5.41, 5.74) is 2.01. The number of thioether (sulfide) groups is 1. The molecule has 0 aromatic heterocycles. The van der Waals surface area contributed by atoms with Gasteiger partial charge in [0.05, 0.1) is 11.7 Å². The lowest BCUT2D eigenvalue weighted by Crippen LogP contribution is -2.31. The van der Waals surface area contributed by atoms with Crippen molar-refractivity contribution < 1.29 is 14.7 Å². The smallest absolute Gasteiger partial charge is 0.252 e. The first kappa shape index (κ1) is 23.9. The normalized spacial score (nSPS) is 11.9. The first-order chi connectivity index (χ1) is 14.4. The molecule has 3 N–H and O–H groups in total. The van der Waals surface area contributed by atoms with Crippen molar-refractivity contribution in [2.75, 3.05) is 39.5 Å². The van der Waals surface area contributed by atoms with Gasteiger partial charge in [-0.25, -0.2) is 0 Å². The highest BCUT2D eigenvalue weighted by molar-refractivity contribution is 7.99. The van der Waals surface area contributed by atoms with E-state index in [1.54, 1.807) is 12.1 Å². The number of aliphatic hydroxyl groups excluding tert-OH is 1. The molecule has 0 aliphatic heterocycles. The topological polar surface area (TPSA) is 81.7 Å². The monoisotopic (exact) mass is 429 g/mol. The Labute approximate surface area is 183 Å². The van der Waals surface area contributed by atoms with Crippen molar-refractivity contribution in [2.45, 2.75) is 24.3 Å². The van der Waals surface area contributed by atoms with Gasteiger partial charge in [-0.2, -0.15) is 0 Å². The molecule has 1 unspecified atom stereocenters. The lowest BCUT2D eigenvalue weighted by atomic mass is 10.0. The second-order valence-corrected chi connectivity index (χ2v) is 8.30. The van der Waals surface area contributed by atoms with Crippen LogP contribution in [0.15, 0.2) is 53.4 Å². The maximum atomic E-state index is 12.5. The maximum absolute atomic E-state index is 12.5. The van der Waals surface area contributed by atoms with E-state index in [4.69, 9.17) is 0 Å². The van der Waals surface area contributed by atoms with Crippen LogP contribution in [0.1, 0.15) is 33.2 Å². The minimum Gasteiger partial charge on any atom is -0.392 e. The van der Waals surface area contributed by atoms with Crippen LogP contribution in [0, 0.1) is 0 Å². The Morgan fingerprint density at radius 1 is 1.00 bits per heavy atom. The summed E-state index contributed by atoms with van der Waals surface area (Å²) in [5, 5.41) is 16.3. The van der Waals surface area contributed by atoms with Crippen LogP contribution in [0.25, 0.3) is 0 Å². The van der Waals surface area contributed by atoms with Gasteiger partial charge in [-0.1, -0.05) is 30.3 Å². The van der Waals surface area contributed by atoms with E-state index in [-0.39, 0.29) is 11.8 Å². The molecule has 0 saturated heterocycles. The standard InChI is InChI=1S/C23H31N3O3S/c1-4-24-22(28)19-10-6-5-9-17(19)15-18(27)16-30-21-12-8-7-11-20(21)23(29)25-13-14-26(2)3/h5-12,18,27H,4,13-16H2,1-3H3,(H,24,28)(H,25,29). The molecule has 0 radical (unpaired) electrons. The second-order valence-electron chi connectivity index (χ2n) is 7.24. The number of likely N-dealkylation sites (N-methyl/N-ethyl adjacent to an activating group) is 1. The molecule has 2 aromatic rings. The SMILES string of the molecule is CCNC(=O)c1ccccc1CC(O)CSc1ccccc1C(=O)NCCN(C)C. The summed E-state index contributed by atoms with van der Waals surface area (Å²) in [6.45, 7) is 3.77. The molecule has 0 aliphatic carbocycles. The number of carbonyl (C=O) groups is 2. The molecule has 30 heavy (non-hydrogen) atoms. The van der Waals surface area contributed by atoms with Gasteiger partial charge >= 0.3 is 0 Å². The molecule has 0 aliphatic rings. The second kappa shape index (κ2) is 12.4. The Bertz CT molecular complexity index is 842. The summed E-state index contributed by atoms with van der Waals surface area (Å²) in [6, 6.07) is 14.7. The molecule has 0 saturated carbocycles. The summed E-state index contributed by atoms with van der Waals surface area (Å²) in [7, 11) is 3.92. The molecule has 2 rings (SSSR count). The Morgan fingerprint density at radius 2 is 1.63 bits per heavy atom. The molecule has 7 heteroatoms. The Kier molecular flexibility index (Phi) is 9.86. The number of hydrogen-bond acceptors (Lipinski definition) is 5. The average molecular weight is 430 g/mol. The third kappa shape index (κ3) is 7.48. The van der Waals surface area contributed by atoms with Gasteiger partial charge in [0.2, 0.25) is 0 Å². The molecule has 1 atom stereocenters. The van der Waals surface area contributed by atoms with Crippen molar-refractivity contribution in [3.8, 4) is 0 Å². The highest BCUT2D eigenvalue weighted by Gasteiger charge is 2.16. The molecule has 0 bridgehead atoms. The Morgan fingerprint density at radius 3 is 2.33 bits per heavy atom. The zero-order chi connectivity index (χ0) is 21.9. The largest absolute Gasteiger partial charge is 0.392 e. The summed E-state index contributed by atoms with van der Waals surface area (Å²) >= 11 is 1.45. The van der Waals surface area contributed by atoms with E-state index >= 15 is 0 Å². The third-order valence-electron chi connectivity index (χ3n) is 4.46. The van der Waals surface area contributed by atoms with Crippen molar-refractivity contribution >= 4 is 23.6 Å². The quantitative estimate of drug-likeness (QED) is 0.478. The molecule has 162 valence electrons. The van der Waals surface area contributed by atoms with E-state index in [1.807, 2.05) is 62.3 Å². The first-order valence-corrected chi connectivity index (χ1v) is 11.1. The van der Waals surface area contributed by atoms with E-state index in [0.717, 1.165) is 17.0 Å². The minimum atomic E-state index is -0.643. The van der Waals surface area contributed by atoms with Crippen LogP contribution in [0.3, 0.4) is 0 Å². The molecule has 6 nitrogen and oxygen atoms in total. The Hall–Kier alpha value is -2.35. The number of carbonyl (C=O) groups excluding carboxylic acids is 2. The van der Waals surface area contributed by atoms with Crippen LogP contribution in [-0.2, 0) is 6.42 Å². The van der Waals surface area contributed by atoms with Crippen LogP contribution in [0.4, 0.5) is 0 Å². The number of nitrogens with zero attached hydrogens (tertiary/aromatic N) is 1. The van der Waals surface area contributed by atoms with Gasteiger partial charge in [0.1, 0.15) is 0 Å². The molecular formula is C23H31N3O3S. The number of aliphatic hydroxyl groups is 1. The number of nitrogens with one attached hydrogen (secondary N) is 2. The zero-order valence-electron chi connectivity index (χ0n) is 17.9. The lowest BCUT2D eigenvalue weighted by molar-refractivity contribution is 0.0942. The third-order valence-corrected chi connectivity index (χ3v) is 5.68. The Balaban J connectivity index is 1.98. The van der Waals surface area contributed by atoms with Crippen molar-refractivity contribution in [3.63, 3.8) is 0 Å². The highest BCUT2D eigenvalue weighted by Crippen LogP contribution is 2.24. The van der Waals surface area contributed by atoms with Gasteiger partial charge in [-0.3, -0.25) is 9.59 Å². The van der Waals surface area contributed by atoms with Crippen LogP contribution in [0.5, 0.6) is 0 Å². The molecule has 0 fully saturated rings. The first-order valence-electron chi connectivity index (χ1n) is 10.1. The zero-order valence-corrected chi connectivity index (χ0v) is 18.7. The average Bonchev–Trinajstić information content (AvgIpc) is 2.72. The molecular weight excluding hydrogens is 398 g/mol. The van der Waals surface area contributed by atoms with Gasteiger partial charge in [0.25, 0.3) is 11.8 Å². The minimum absolute atomic E-state index is 0.115. The van der Waals surface area contributed by atoms with Gasteiger partial charge in [-0.05, 0) is 51.2 Å². The van der Waals surface area contributed by atoms with Gasteiger partial charge < -0.3 is 20.6 Å². The van der Waals surface area contributed by atoms with Crippen molar-refractivity contribution in [2.24, 2.45) is 0 Å². The molecule has 0 heterocycles. The van der Waals surface area contributed by atoms with Gasteiger partial charge in [0, 0.05) is 35.8 Å². The predicted octanol–water partition coefficient (Wildman–Crippen LogP) is 2.42. The fraction of sp³-hybridized carbons (Fsp3) is 0.391. The van der Waals surface area contributed by atoms with E-state index < -0.39 is 6.10 Å². The number of amides is 2. The van der Waals surface area contributed by atoms with Crippen LogP contribution < -0.4 is 10.6 Å². The van der Waals surface area contributed by atoms with Crippen molar-refractivity contribution in [3.05, 3.63) is 65.2 Å². The number of rotatable bonds is 11. The van der Waals surface area contributed by atoms with E-state index in [0.29, 0.717) is 36.4 Å². The van der Waals surface area contributed by atoms with E-state index in [1.165, 1.54) is 11.8 Å². The van der Waals surface area contributed by atoms with Crippen LogP contribution >= 0.6 is 11.8 Å². The van der Waals surface area contributed by atoms with E-state index in [2.05, 4.69) is 10.6 Å². The number of hydrogen-bond donors (Lipinski definition) is 3. The highest BCUT2D eigenvalue weighted by atomic mass is 32.2. The van der Waals surface area contributed by atoms with Crippen LogP contribution in [0.2, 0.25) is 0 Å². The summed E-state index contributed by atoms with van der Waals surface area (Å²) in [4.78, 5) is 27.6.